The number of hydrogen-bond acceptors (Lipinski definition) is 3. The van der Waals surface area contributed by atoms with E-state index in [4.69, 9.17) is 9.97 Å². The van der Waals surface area contributed by atoms with Gasteiger partial charge in [-0.3, -0.25) is 9.55 Å². The third-order valence-corrected chi connectivity index (χ3v) is 13.9. The van der Waals surface area contributed by atoms with Crippen molar-refractivity contribution in [1.82, 2.24) is 14.5 Å². The normalized spacial score (nSPS) is 12.2. The van der Waals surface area contributed by atoms with Crippen LogP contribution in [0.3, 0.4) is 0 Å². The standard InChI is InChI=1S/C62H61N3O/c1-10-62(9,11-2)47-30-28-41(29-31-47)44-34-35-63-54(39-44)46-36-45(37-49(38-46)61(6,7)8)50-24-19-27-56-57(50)64-59(52-26-18-25-51(58(52)66)42-20-14-12-15-21-42)65(56)55-33-32-48(60(3,4)5)40-53(55)43-22-16-13-17-23-43/h12-40,66H,10-11H2,1-9H3. The lowest BCUT2D eigenvalue weighted by Gasteiger charge is -2.27. The van der Waals surface area contributed by atoms with Crippen LogP contribution in [0.4, 0.5) is 0 Å². The van der Waals surface area contributed by atoms with Crippen LogP contribution in [0.25, 0.3) is 83.9 Å². The third-order valence-electron chi connectivity index (χ3n) is 13.9. The van der Waals surface area contributed by atoms with Crippen molar-refractivity contribution in [2.45, 2.75) is 91.4 Å². The van der Waals surface area contributed by atoms with Crippen LogP contribution < -0.4 is 0 Å². The van der Waals surface area contributed by atoms with Crippen molar-refractivity contribution in [1.29, 1.82) is 0 Å². The number of imidazole rings is 1. The monoisotopic (exact) mass is 863 g/mol. The molecule has 2 aromatic heterocycles. The van der Waals surface area contributed by atoms with Crippen molar-refractivity contribution in [3.05, 3.63) is 193 Å². The Kier molecular flexibility index (Phi) is 11.6. The molecule has 0 aliphatic heterocycles. The van der Waals surface area contributed by atoms with Crippen molar-refractivity contribution >= 4 is 11.0 Å². The molecule has 66 heavy (non-hydrogen) atoms. The van der Waals surface area contributed by atoms with Gasteiger partial charge in [0.2, 0.25) is 0 Å². The highest BCUT2D eigenvalue weighted by atomic mass is 16.3. The molecule has 9 aromatic rings. The predicted octanol–water partition coefficient (Wildman–Crippen LogP) is 16.8. The van der Waals surface area contributed by atoms with Crippen molar-refractivity contribution in [3.63, 3.8) is 0 Å². The molecule has 0 amide bonds. The second-order valence-electron chi connectivity index (χ2n) is 20.2. The lowest BCUT2D eigenvalue weighted by molar-refractivity contribution is 0.439. The average Bonchev–Trinajstić information content (AvgIpc) is 3.73. The van der Waals surface area contributed by atoms with Crippen LogP contribution in [0, 0.1) is 0 Å². The van der Waals surface area contributed by atoms with Gasteiger partial charge in [-0.25, -0.2) is 4.98 Å². The number of rotatable bonds is 10. The first-order chi connectivity index (χ1) is 31.7. The predicted molar refractivity (Wildman–Crippen MR) is 278 cm³/mol. The average molecular weight is 864 g/mol. The molecule has 9 rings (SSSR count). The molecule has 1 N–H and O–H groups in total. The molecule has 0 atom stereocenters. The first-order valence-corrected chi connectivity index (χ1v) is 23.5. The molecule has 0 fully saturated rings. The lowest BCUT2D eigenvalue weighted by Crippen LogP contribution is -2.19. The van der Waals surface area contributed by atoms with Crippen LogP contribution in [0.1, 0.15) is 91.8 Å². The Labute approximate surface area is 391 Å². The highest BCUT2D eigenvalue weighted by molar-refractivity contribution is 5.98. The Morgan fingerprint density at radius 1 is 0.455 bits per heavy atom. The number of benzene rings is 7. The molecule has 4 heteroatoms. The summed E-state index contributed by atoms with van der Waals surface area (Å²) in [6.45, 7) is 20.5. The van der Waals surface area contributed by atoms with Crippen molar-refractivity contribution in [2.24, 2.45) is 0 Å². The van der Waals surface area contributed by atoms with E-state index in [0.29, 0.717) is 11.4 Å². The number of phenolic OH excluding ortho intramolecular Hbond substituents is 1. The SMILES string of the molecule is CCC(C)(CC)c1ccc(-c2ccnc(-c3cc(-c4cccc5c4nc(-c4cccc(-c6ccccc6)c4O)n5-c4ccc(C(C)(C)C)cc4-c4ccccc4)cc(C(C)(C)C)c3)c2)cc1. The topological polar surface area (TPSA) is 50.9 Å². The second kappa shape index (κ2) is 17.4. The number of aromatic hydroxyl groups is 1. The van der Waals surface area contributed by atoms with E-state index in [1.165, 1.54) is 22.3 Å². The minimum Gasteiger partial charge on any atom is -0.507 e. The smallest absolute Gasteiger partial charge is 0.149 e. The van der Waals surface area contributed by atoms with Gasteiger partial charge in [-0.2, -0.15) is 0 Å². The largest absolute Gasteiger partial charge is 0.507 e. The van der Waals surface area contributed by atoms with Crippen molar-refractivity contribution in [3.8, 4) is 78.6 Å². The maximum absolute atomic E-state index is 12.3. The molecule has 0 saturated carbocycles. The zero-order valence-corrected chi connectivity index (χ0v) is 39.9. The van der Waals surface area contributed by atoms with Gasteiger partial charge in [0.25, 0.3) is 0 Å². The van der Waals surface area contributed by atoms with Gasteiger partial charge in [-0.05, 0) is 122 Å². The Balaban J connectivity index is 1.27. The Morgan fingerprint density at radius 3 is 1.70 bits per heavy atom. The van der Waals surface area contributed by atoms with E-state index in [1.807, 2.05) is 54.7 Å². The summed E-state index contributed by atoms with van der Waals surface area (Å²) in [6.07, 6.45) is 4.14. The summed E-state index contributed by atoms with van der Waals surface area (Å²) >= 11 is 0. The number of phenols is 1. The highest BCUT2D eigenvalue weighted by Crippen LogP contribution is 2.45. The van der Waals surface area contributed by atoms with Crippen molar-refractivity contribution < 1.29 is 5.11 Å². The summed E-state index contributed by atoms with van der Waals surface area (Å²) in [7, 11) is 0. The molecule has 330 valence electrons. The molecule has 4 nitrogen and oxygen atoms in total. The summed E-state index contributed by atoms with van der Waals surface area (Å²) in [4.78, 5) is 10.6. The molecule has 0 radical (unpaired) electrons. The van der Waals surface area contributed by atoms with Crippen LogP contribution in [-0.4, -0.2) is 19.6 Å². The minimum absolute atomic E-state index is 0.0719. The van der Waals surface area contributed by atoms with Crippen LogP contribution >= 0.6 is 0 Å². The van der Waals surface area contributed by atoms with Crippen molar-refractivity contribution in [2.75, 3.05) is 0 Å². The molecule has 7 aromatic carbocycles. The summed E-state index contributed by atoms with van der Waals surface area (Å²) in [5.74, 6) is 0.857. The van der Waals surface area contributed by atoms with Gasteiger partial charge in [0.1, 0.15) is 11.6 Å². The van der Waals surface area contributed by atoms with E-state index in [-0.39, 0.29) is 22.0 Å². The van der Waals surface area contributed by atoms with E-state index in [2.05, 4.69) is 188 Å². The number of para-hydroxylation sites is 2. The van der Waals surface area contributed by atoms with Gasteiger partial charge >= 0.3 is 0 Å². The van der Waals surface area contributed by atoms with Crippen LogP contribution in [0.2, 0.25) is 0 Å². The van der Waals surface area contributed by atoms with Crippen LogP contribution in [0.15, 0.2) is 176 Å². The first kappa shape index (κ1) is 44.2. The molecule has 0 saturated heterocycles. The summed E-state index contributed by atoms with van der Waals surface area (Å²) in [6, 6.07) is 60.3. The Hall–Kier alpha value is -7.04. The quantitative estimate of drug-likeness (QED) is 0.149. The maximum atomic E-state index is 12.3. The lowest BCUT2D eigenvalue weighted by atomic mass is 9.77. The summed E-state index contributed by atoms with van der Waals surface area (Å²) < 4.78 is 2.26. The zero-order chi connectivity index (χ0) is 46.4. The fourth-order valence-corrected chi connectivity index (χ4v) is 9.23. The molecule has 0 aliphatic rings. The summed E-state index contributed by atoms with van der Waals surface area (Å²) in [5, 5.41) is 12.3. The molecule has 0 bridgehead atoms. The van der Waals surface area contributed by atoms with E-state index in [1.54, 1.807) is 0 Å². The molecule has 2 heterocycles. The highest BCUT2D eigenvalue weighted by Gasteiger charge is 2.26. The molecule has 0 aliphatic carbocycles. The number of nitrogens with zero attached hydrogens (tertiary/aromatic N) is 3. The first-order valence-electron chi connectivity index (χ1n) is 23.5. The van der Waals surface area contributed by atoms with Crippen LogP contribution in [0.5, 0.6) is 5.75 Å². The van der Waals surface area contributed by atoms with Gasteiger partial charge < -0.3 is 5.11 Å². The van der Waals surface area contributed by atoms with Crippen LogP contribution in [-0.2, 0) is 16.2 Å². The molecule has 0 unspecified atom stereocenters. The minimum atomic E-state index is -0.148. The van der Waals surface area contributed by atoms with E-state index in [9.17, 15) is 5.11 Å². The molecular formula is C62H61N3O. The fraction of sp³-hybridized carbons (Fsp3) is 0.226. The fourth-order valence-electron chi connectivity index (χ4n) is 9.23. The Morgan fingerprint density at radius 2 is 1.05 bits per heavy atom. The molecule has 0 spiro atoms. The number of hydrogen-bond donors (Lipinski definition) is 1. The number of fused-ring (bicyclic) bond motifs is 1. The van der Waals surface area contributed by atoms with E-state index in [0.717, 1.165) is 79.8 Å². The third kappa shape index (κ3) is 8.37. The number of aromatic nitrogens is 3. The Bertz CT molecular complexity index is 3180. The van der Waals surface area contributed by atoms with Gasteiger partial charge in [-0.15, -0.1) is 0 Å². The van der Waals surface area contributed by atoms with Gasteiger partial charge in [0, 0.05) is 28.5 Å². The summed E-state index contributed by atoms with van der Waals surface area (Å²) in [5.41, 5.74) is 17.5. The van der Waals surface area contributed by atoms with Gasteiger partial charge in [0.15, 0.2) is 0 Å². The van der Waals surface area contributed by atoms with E-state index < -0.39 is 0 Å². The van der Waals surface area contributed by atoms with Gasteiger partial charge in [0.05, 0.1) is 28.0 Å². The zero-order valence-electron chi connectivity index (χ0n) is 39.9. The number of pyridine rings is 1. The molecular weight excluding hydrogens is 803 g/mol. The maximum Gasteiger partial charge on any atom is 0.149 e. The van der Waals surface area contributed by atoms with E-state index >= 15 is 0 Å². The second-order valence-corrected chi connectivity index (χ2v) is 20.2. The van der Waals surface area contributed by atoms with Gasteiger partial charge in [-0.1, -0.05) is 184 Å².